The van der Waals surface area contributed by atoms with Crippen molar-refractivity contribution in [3.8, 4) is 5.75 Å². The minimum atomic E-state index is 0.111. The maximum absolute atomic E-state index is 12.0. The van der Waals surface area contributed by atoms with Gasteiger partial charge in [0.1, 0.15) is 12.4 Å². The molecule has 0 bridgehead atoms. The molecule has 1 heterocycles. The van der Waals surface area contributed by atoms with Crippen molar-refractivity contribution in [1.29, 1.82) is 0 Å². The van der Waals surface area contributed by atoms with E-state index < -0.39 is 0 Å². The average Bonchev–Trinajstić information content (AvgIpc) is 3.06. The van der Waals surface area contributed by atoms with Crippen LogP contribution in [-0.2, 0) is 16.1 Å². The van der Waals surface area contributed by atoms with Crippen LogP contribution in [0.15, 0.2) is 18.2 Å². The Morgan fingerprint density at radius 3 is 3.00 bits per heavy atom. The zero-order valence-electron chi connectivity index (χ0n) is 14.2. The molecule has 2 N–H and O–H groups in total. The molecule has 0 aliphatic carbocycles. The van der Waals surface area contributed by atoms with Gasteiger partial charge in [-0.15, -0.1) is 0 Å². The molecule has 23 heavy (non-hydrogen) atoms. The van der Waals surface area contributed by atoms with Crippen LogP contribution in [0.1, 0.15) is 30.4 Å². The number of carbonyl (C=O) groups is 1. The van der Waals surface area contributed by atoms with Crippen LogP contribution in [-0.4, -0.2) is 39.3 Å². The lowest BCUT2D eigenvalue weighted by Gasteiger charge is -2.13. The summed E-state index contributed by atoms with van der Waals surface area (Å²) in [5.41, 5.74) is 2.14. The summed E-state index contributed by atoms with van der Waals surface area (Å²) in [6, 6.07) is 6.05. The molecule has 0 saturated carbocycles. The Morgan fingerprint density at radius 1 is 1.39 bits per heavy atom. The van der Waals surface area contributed by atoms with Gasteiger partial charge in [-0.1, -0.05) is 12.1 Å². The molecule has 1 aliphatic rings. The van der Waals surface area contributed by atoms with Crippen LogP contribution in [0.3, 0.4) is 0 Å². The fourth-order valence-electron chi connectivity index (χ4n) is 2.76. The van der Waals surface area contributed by atoms with Crippen LogP contribution in [0.25, 0.3) is 0 Å². The Hall–Kier alpha value is -1.59. The lowest BCUT2D eigenvalue weighted by atomic mass is 10.0. The summed E-state index contributed by atoms with van der Waals surface area (Å²) in [7, 11) is 1.65. The first-order valence-electron chi connectivity index (χ1n) is 8.37. The van der Waals surface area contributed by atoms with Crippen LogP contribution in [0.2, 0.25) is 0 Å². The van der Waals surface area contributed by atoms with Crippen LogP contribution < -0.4 is 15.4 Å². The van der Waals surface area contributed by atoms with E-state index in [0.29, 0.717) is 32.1 Å². The number of aryl methyl sites for hydroxylation is 1. The van der Waals surface area contributed by atoms with Gasteiger partial charge in [-0.3, -0.25) is 4.79 Å². The molecule has 1 atom stereocenters. The molecule has 1 aromatic carbocycles. The molecule has 5 nitrogen and oxygen atoms in total. The number of hydrogen-bond donors (Lipinski definition) is 2. The summed E-state index contributed by atoms with van der Waals surface area (Å²) in [6.07, 6.45) is 2.74. The van der Waals surface area contributed by atoms with Crippen molar-refractivity contribution in [3.63, 3.8) is 0 Å². The largest absolute Gasteiger partial charge is 0.491 e. The van der Waals surface area contributed by atoms with Gasteiger partial charge in [-0.2, -0.15) is 0 Å². The summed E-state index contributed by atoms with van der Waals surface area (Å²) in [6.45, 7) is 5.72. The van der Waals surface area contributed by atoms with E-state index in [4.69, 9.17) is 9.47 Å². The normalized spacial score (nSPS) is 17.2. The average molecular weight is 320 g/mol. The molecular formula is C18H28N2O3. The van der Waals surface area contributed by atoms with E-state index in [1.807, 2.05) is 25.1 Å². The number of nitrogens with one attached hydrogen (secondary N) is 2. The first-order valence-corrected chi connectivity index (χ1v) is 8.37. The van der Waals surface area contributed by atoms with E-state index >= 15 is 0 Å². The van der Waals surface area contributed by atoms with Crippen molar-refractivity contribution in [3.05, 3.63) is 29.3 Å². The van der Waals surface area contributed by atoms with E-state index in [1.54, 1.807) is 7.11 Å². The Labute approximate surface area is 138 Å². The van der Waals surface area contributed by atoms with Crippen molar-refractivity contribution in [2.75, 3.05) is 33.4 Å². The van der Waals surface area contributed by atoms with Crippen molar-refractivity contribution >= 4 is 5.91 Å². The second kappa shape index (κ2) is 9.53. The third-order valence-corrected chi connectivity index (χ3v) is 4.19. The third-order valence-electron chi connectivity index (χ3n) is 4.19. The Balaban J connectivity index is 1.79. The minimum absolute atomic E-state index is 0.111. The summed E-state index contributed by atoms with van der Waals surface area (Å²) in [5.74, 6) is 1.58. The molecule has 128 valence electrons. The summed E-state index contributed by atoms with van der Waals surface area (Å²) >= 11 is 0. The number of amides is 1. The maximum atomic E-state index is 12.0. The number of carbonyl (C=O) groups excluding carboxylic acids is 1. The van der Waals surface area contributed by atoms with Gasteiger partial charge >= 0.3 is 0 Å². The molecule has 0 aromatic heterocycles. The zero-order chi connectivity index (χ0) is 16.5. The Kier molecular flexibility index (Phi) is 7.36. The monoisotopic (exact) mass is 320 g/mol. The number of benzene rings is 1. The Bertz CT molecular complexity index is 499. The second-order valence-corrected chi connectivity index (χ2v) is 6.13. The topological polar surface area (TPSA) is 59.6 Å². The number of ether oxygens (including phenoxy) is 2. The number of hydrogen-bond acceptors (Lipinski definition) is 4. The maximum Gasteiger partial charge on any atom is 0.220 e. The van der Waals surface area contributed by atoms with Gasteiger partial charge in [0.05, 0.1) is 6.61 Å². The van der Waals surface area contributed by atoms with Crippen LogP contribution in [0.4, 0.5) is 0 Å². The molecule has 1 aromatic rings. The van der Waals surface area contributed by atoms with Gasteiger partial charge in [0.15, 0.2) is 0 Å². The highest BCUT2D eigenvalue weighted by Crippen LogP contribution is 2.20. The van der Waals surface area contributed by atoms with E-state index in [9.17, 15) is 4.79 Å². The van der Waals surface area contributed by atoms with Crippen molar-refractivity contribution < 1.29 is 14.3 Å². The highest BCUT2D eigenvalue weighted by Gasteiger charge is 2.15. The second-order valence-electron chi connectivity index (χ2n) is 6.13. The molecule has 1 amide bonds. The molecule has 1 aliphatic heterocycles. The molecule has 1 fully saturated rings. The molecule has 0 spiro atoms. The first kappa shape index (κ1) is 17.8. The molecule has 1 saturated heterocycles. The van der Waals surface area contributed by atoms with Crippen molar-refractivity contribution in [2.24, 2.45) is 5.92 Å². The predicted molar refractivity (Wildman–Crippen MR) is 90.6 cm³/mol. The summed E-state index contributed by atoms with van der Waals surface area (Å²) in [4.78, 5) is 12.0. The van der Waals surface area contributed by atoms with Crippen LogP contribution in [0.5, 0.6) is 5.75 Å². The van der Waals surface area contributed by atoms with Crippen LogP contribution >= 0.6 is 0 Å². The zero-order valence-corrected chi connectivity index (χ0v) is 14.2. The van der Waals surface area contributed by atoms with Crippen molar-refractivity contribution in [1.82, 2.24) is 10.6 Å². The fraction of sp³-hybridized carbons (Fsp3) is 0.611. The predicted octanol–water partition coefficient (Wildman–Crippen LogP) is 2.03. The number of rotatable bonds is 9. The first-order chi connectivity index (χ1) is 11.2. The smallest absolute Gasteiger partial charge is 0.220 e. The van der Waals surface area contributed by atoms with Gasteiger partial charge in [-0.05, 0) is 50.4 Å². The molecule has 5 heteroatoms. The van der Waals surface area contributed by atoms with E-state index in [1.165, 1.54) is 6.42 Å². The van der Waals surface area contributed by atoms with Gasteiger partial charge < -0.3 is 20.1 Å². The lowest BCUT2D eigenvalue weighted by molar-refractivity contribution is -0.121. The SMILES string of the molecule is COCCOc1cc(C)ccc1CNC(=O)CCC1CCNC1. The molecule has 2 rings (SSSR count). The number of methoxy groups -OCH3 is 1. The highest BCUT2D eigenvalue weighted by molar-refractivity contribution is 5.75. The Morgan fingerprint density at radius 2 is 2.26 bits per heavy atom. The van der Waals surface area contributed by atoms with Gasteiger partial charge in [0, 0.05) is 25.6 Å². The highest BCUT2D eigenvalue weighted by atomic mass is 16.5. The minimum Gasteiger partial charge on any atom is -0.491 e. The third kappa shape index (κ3) is 6.20. The molecular weight excluding hydrogens is 292 g/mol. The quantitative estimate of drug-likeness (QED) is 0.684. The van der Waals surface area contributed by atoms with E-state index in [0.717, 1.165) is 36.4 Å². The summed E-state index contributed by atoms with van der Waals surface area (Å²) < 4.78 is 10.8. The van der Waals surface area contributed by atoms with E-state index in [2.05, 4.69) is 10.6 Å². The molecule has 0 radical (unpaired) electrons. The fourth-order valence-corrected chi connectivity index (χ4v) is 2.76. The van der Waals surface area contributed by atoms with Crippen LogP contribution in [0, 0.1) is 12.8 Å². The standard InChI is InChI=1S/C18H28N2O3/c1-14-3-5-16(17(11-14)23-10-9-22-2)13-20-18(21)6-4-15-7-8-19-12-15/h3,5,11,15,19H,4,6-10,12-13H2,1-2H3,(H,20,21). The lowest BCUT2D eigenvalue weighted by Crippen LogP contribution is -2.24. The van der Waals surface area contributed by atoms with Gasteiger partial charge in [-0.25, -0.2) is 0 Å². The summed E-state index contributed by atoms with van der Waals surface area (Å²) in [5, 5.41) is 6.34. The molecule has 1 unspecified atom stereocenters. The van der Waals surface area contributed by atoms with Crippen molar-refractivity contribution in [2.45, 2.75) is 32.7 Å². The van der Waals surface area contributed by atoms with Gasteiger partial charge in [0.2, 0.25) is 5.91 Å². The van der Waals surface area contributed by atoms with E-state index in [-0.39, 0.29) is 5.91 Å². The van der Waals surface area contributed by atoms with Gasteiger partial charge in [0.25, 0.3) is 0 Å².